The molecule has 0 rings (SSSR count). The predicted octanol–water partition coefficient (Wildman–Crippen LogP) is 2.21. The van der Waals surface area contributed by atoms with Crippen LogP contribution in [0.3, 0.4) is 0 Å². The monoisotopic (exact) mass is 138 g/mol. The minimum atomic E-state index is 0.711. The van der Waals surface area contributed by atoms with Gasteiger partial charge in [-0.3, -0.25) is 0 Å². The van der Waals surface area contributed by atoms with Crippen molar-refractivity contribution in [3.8, 4) is 0 Å². The van der Waals surface area contributed by atoms with Gasteiger partial charge in [0.05, 0.1) is 0 Å². The second-order valence-corrected chi connectivity index (χ2v) is 3.68. The van der Waals surface area contributed by atoms with Gasteiger partial charge in [-0.25, -0.2) is 0 Å². The van der Waals surface area contributed by atoms with E-state index < -0.39 is 0 Å². The molecule has 0 saturated heterocycles. The Bertz CT molecular complexity index is 116. The smallest absolute Gasteiger partial charge is 0.108 e. The van der Waals surface area contributed by atoms with Crippen molar-refractivity contribution in [1.29, 1.82) is 0 Å². The lowest BCUT2D eigenvalue weighted by Gasteiger charge is -2.13. The van der Waals surface area contributed by atoms with Crippen LogP contribution < -0.4 is 0 Å². The fraction of sp³-hybridized carbons (Fsp3) is 0.778. The lowest BCUT2D eigenvalue weighted by atomic mass is 9.79. The molecule has 0 bridgehead atoms. The first-order valence-electron chi connectivity index (χ1n) is 4.14. The molecule has 0 aromatic heterocycles. The van der Waals surface area contributed by atoms with Crippen LogP contribution in [0.25, 0.3) is 0 Å². The molecular formula is C9H19B. The quantitative estimate of drug-likeness (QED) is 0.513. The van der Waals surface area contributed by atoms with Gasteiger partial charge in [0.25, 0.3) is 0 Å². The molecule has 0 radical (unpaired) electrons. The first-order chi connectivity index (χ1) is 4.46. The Hall–Kier alpha value is -0.195. The summed E-state index contributed by atoms with van der Waals surface area (Å²) in [4.78, 5) is 0. The summed E-state index contributed by atoms with van der Waals surface area (Å²) in [5.41, 5.74) is 3.10. The van der Waals surface area contributed by atoms with Crippen molar-refractivity contribution in [2.45, 2.75) is 34.6 Å². The average Bonchev–Trinajstić information content (AvgIpc) is 1.84. The van der Waals surface area contributed by atoms with E-state index in [4.69, 9.17) is 0 Å². The SMILES string of the molecule is BC(=C(C)C(C)C)C(C)C. The molecule has 0 unspecified atom stereocenters. The molecule has 0 saturated carbocycles. The second-order valence-electron chi connectivity index (χ2n) is 3.68. The van der Waals surface area contributed by atoms with Crippen LogP contribution in [-0.2, 0) is 0 Å². The van der Waals surface area contributed by atoms with Crippen LogP contribution in [0.4, 0.5) is 0 Å². The van der Waals surface area contributed by atoms with E-state index in [1.807, 2.05) is 0 Å². The first kappa shape index (κ1) is 9.80. The standard InChI is InChI=1S/C9H19B/c1-6(2)8(5)9(10)7(3)4/h6-7H,10H2,1-5H3. The van der Waals surface area contributed by atoms with E-state index in [1.54, 1.807) is 11.0 Å². The average molecular weight is 138 g/mol. The van der Waals surface area contributed by atoms with Crippen molar-refractivity contribution < 1.29 is 0 Å². The van der Waals surface area contributed by atoms with E-state index in [-0.39, 0.29) is 0 Å². The van der Waals surface area contributed by atoms with Crippen molar-refractivity contribution >= 4 is 7.85 Å². The van der Waals surface area contributed by atoms with Crippen LogP contribution in [-0.4, -0.2) is 7.85 Å². The molecule has 0 amide bonds. The molecule has 0 N–H and O–H groups in total. The molecule has 0 fully saturated rings. The van der Waals surface area contributed by atoms with E-state index >= 15 is 0 Å². The van der Waals surface area contributed by atoms with Gasteiger partial charge in [0, 0.05) is 0 Å². The van der Waals surface area contributed by atoms with Gasteiger partial charge in [-0.05, 0) is 18.8 Å². The Morgan fingerprint density at radius 2 is 1.40 bits per heavy atom. The zero-order valence-corrected chi connectivity index (χ0v) is 8.15. The van der Waals surface area contributed by atoms with Crippen LogP contribution in [0.15, 0.2) is 11.0 Å². The van der Waals surface area contributed by atoms with Gasteiger partial charge >= 0.3 is 0 Å². The second kappa shape index (κ2) is 3.85. The van der Waals surface area contributed by atoms with E-state index in [1.165, 1.54) is 0 Å². The molecule has 10 heavy (non-hydrogen) atoms. The van der Waals surface area contributed by atoms with Gasteiger partial charge < -0.3 is 0 Å². The van der Waals surface area contributed by atoms with Gasteiger partial charge in [-0.15, -0.1) is 5.47 Å². The van der Waals surface area contributed by atoms with Crippen molar-refractivity contribution in [2.75, 3.05) is 0 Å². The first-order valence-corrected chi connectivity index (χ1v) is 4.14. The highest BCUT2D eigenvalue weighted by Crippen LogP contribution is 2.17. The minimum absolute atomic E-state index is 0.711. The third-order valence-electron chi connectivity index (χ3n) is 2.35. The molecule has 0 aliphatic rings. The summed E-state index contributed by atoms with van der Waals surface area (Å²) in [5.74, 6) is 1.42. The third kappa shape index (κ3) is 2.59. The summed E-state index contributed by atoms with van der Waals surface area (Å²) in [5, 5.41) is 0. The van der Waals surface area contributed by atoms with Crippen LogP contribution in [0.1, 0.15) is 34.6 Å². The number of hydrogen-bond donors (Lipinski definition) is 0. The Kier molecular flexibility index (Phi) is 3.77. The maximum atomic E-state index is 2.25. The zero-order valence-electron chi connectivity index (χ0n) is 8.15. The van der Waals surface area contributed by atoms with E-state index in [9.17, 15) is 0 Å². The van der Waals surface area contributed by atoms with Gasteiger partial charge in [0.2, 0.25) is 0 Å². The molecule has 0 atom stereocenters. The largest absolute Gasteiger partial charge is 0.134 e. The lowest BCUT2D eigenvalue weighted by Crippen LogP contribution is -2.01. The topological polar surface area (TPSA) is 0 Å². The van der Waals surface area contributed by atoms with E-state index in [0.29, 0.717) is 11.8 Å². The molecule has 0 aromatic carbocycles. The zero-order chi connectivity index (χ0) is 8.31. The van der Waals surface area contributed by atoms with Crippen LogP contribution >= 0.6 is 0 Å². The molecule has 1 heteroatoms. The van der Waals surface area contributed by atoms with Crippen LogP contribution in [0.5, 0.6) is 0 Å². The van der Waals surface area contributed by atoms with Gasteiger partial charge in [0.1, 0.15) is 7.85 Å². The van der Waals surface area contributed by atoms with Crippen molar-refractivity contribution in [3.63, 3.8) is 0 Å². The molecule has 0 spiro atoms. The Balaban J connectivity index is 4.34. The number of rotatable bonds is 2. The number of allylic oxidation sites excluding steroid dienone is 2. The summed E-state index contributed by atoms with van der Waals surface area (Å²) in [6, 6.07) is 0. The summed E-state index contributed by atoms with van der Waals surface area (Å²) in [6.07, 6.45) is 0. The van der Waals surface area contributed by atoms with Crippen molar-refractivity contribution in [3.05, 3.63) is 11.0 Å². The van der Waals surface area contributed by atoms with Gasteiger partial charge in [-0.1, -0.05) is 33.3 Å². The summed E-state index contributed by atoms with van der Waals surface area (Å²) >= 11 is 0. The molecule has 58 valence electrons. The number of hydrogen-bond acceptors (Lipinski definition) is 0. The van der Waals surface area contributed by atoms with Crippen molar-refractivity contribution in [1.82, 2.24) is 0 Å². The summed E-state index contributed by atoms with van der Waals surface area (Å²) in [7, 11) is 2.24. The third-order valence-corrected chi connectivity index (χ3v) is 2.35. The normalized spacial score (nSPS) is 14.3. The Morgan fingerprint density at radius 3 is 1.50 bits per heavy atom. The lowest BCUT2D eigenvalue weighted by molar-refractivity contribution is 0.720. The highest BCUT2D eigenvalue weighted by molar-refractivity contribution is 6.22. The van der Waals surface area contributed by atoms with Crippen LogP contribution in [0, 0.1) is 11.8 Å². The maximum Gasteiger partial charge on any atom is 0.134 e. The fourth-order valence-electron chi connectivity index (χ4n) is 0.911. The summed E-state index contributed by atoms with van der Waals surface area (Å²) in [6.45, 7) is 11.2. The highest BCUT2D eigenvalue weighted by atomic mass is 14.1. The maximum absolute atomic E-state index is 2.25. The molecule has 0 aliphatic carbocycles. The van der Waals surface area contributed by atoms with E-state index in [2.05, 4.69) is 42.5 Å². The van der Waals surface area contributed by atoms with E-state index in [0.717, 1.165) is 0 Å². The van der Waals surface area contributed by atoms with Crippen LogP contribution in [0.2, 0.25) is 0 Å². The summed E-state index contributed by atoms with van der Waals surface area (Å²) < 4.78 is 0. The minimum Gasteiger partial charge on any atom is -0.108 e. The molecule has 0 aliphatic heterocycles. The highest BCUT2D eigenvalue weighted by Gasteiger charge is 2.03. The molecule has 0 aromatic rings. The molecule has 0 heterocycles. The van der Waals surface area contributed by atoms with Gasteiger partial charge in [-0.2, -0.15) is 0 Å². The molecule has 0 nitrogen and oxygen atoms in total. The Morgan fingerprint density at radius 1 is 1.00 bits per heavy atom. The van der Waals surface area contributed by atoms with Gasteiger partial charge in [0.15, 0.2) is 0 Å². The fourth-order valence-corrected chi connectivity index (χ4v) is 0.911. The molecular weight excluding hydrogens is 119 g/mol. The predicted molar refractivity (Wildman–Crippen MR) is 50.9 cm³/mol. The van der Waals surface area contributed by atoms with Crippen molar-refractivity contribution in [2.24, 2.45) is 11.8 Å². The Labute approximate surface area is 66.1 Å².